The van der Waals surface area contributed by atoms with Crippen LogP contribution in [-0.2, 0) is 11.3 Å². The van der Waals surface area contributed by atoms with E-state index < -0.39 is 29.4 Å². The number of anilines is 1. The van der Waals surface area contributed by atoms with E-state index in [0.29, 0.717) is 0 Å². The number of hydrogen-bond acceptors (Lipinski definition) is 3. The molecule has 0 radical (unpaired) electrons. The quantitative estimate of drug-likeness (QED) is 0.905. The van der Waals surface area contributed by atoms with Crippen molar-refractivity contribution in [1.82, 2.24) is 9.78 Å². The van der Waals surface area contributed by atoms with E-state index in [4.69, 9.17) is 5.11 Å². The molecule has 116 valence electrons. The van der Waals surface area contributed by atoms with Crippen LogP contribution < -0.4 is 5.32 Å². The summed E-state index contributed by atoms with van der Waals surface area (Å²) in [4.78, 5) is 21.9. The van der Waals surface area contributed by atoms with Crippen LogP contribution in [0.4, 0.5) is 19.0 Å². The van der Waals surface area contributed by atoms with Crippen LogP contribution in [0, 0.1) is 0 Å². The second-order valence-electron chi connectivity index (χ2n) is 4.33. The van der Waals surface area contributed by atoms with Gasteiger partial charge in [0.1, 0.15) is 5.56 Å². The Hall–Kier alpha value is -2.84. The monoisotopic (exact) mass is 313 g/mol. The summed E-state index contributed by atoms with van der Waals surface area (Å²) in [5, 5.41) is 14.1. The molecular formula is C13H10F3N3O3. The Morgan fingerprint density at radius 1 is 1.23 bits per heavy atom. The third-order valence-electron chi connectivity index (χ3n) is 2.67. The summed E-state index contributed by atoms with van der Waals surface area (Å²) < 4.78 is 37.8. The zero-order valence-corrected chi connectivity index (χ0v) is 11.0. The molecule has 22 heavy (non-hydrogen) atoms. The number of alkyl halides is 3. The third kappa shape index (κ3) is 3.62. The first-order valence-electron chi connectivity index (χ1n) is 6.00. The molecule has 0 saturated heterocycles. The van der Waals surface area contributed by atoms with Gasteiger partial charge in [0.05, 0.1) is 6.54 Å². The summed E-state index contributed by atoms with van der Waals surface area (Å²) in [6, 6.07) is 8.78. The first kappa shape index (κ1) is 15.5. The van der Waals surface area contributed by atoms with Gasteiger partial charge in [0.2, 0.25) is 0 Å². The van der Waals surface area contributed by atoms with E-state index in [-0.39, 0.29) is 6.54 Å². The number of carboxylic acids is 1. The number of benzene rings is 1. The van der Waals surface area contributed by atoms with Gasteiger partial charge < -0.3 is 10.4 Å². The number of carbonyl (C=O) groups excluding carboxylic acids is 1. The Kier molecular flexibility index (Phi) is 4.15. The molecular weight excluding hydrogens is 303 g/mol. The molecule has 2 aromatic rings. The van der Waals surface area contributed by atoms with Crippen LogP contribution in [0.5, 0.6) is 0 Å². The number of hydrogen-bond donors (Lipinski definition) is 2. The van der Waals surface area contributed by atoms with E-state index in [2.05, 4.69) is 5.10 Å². The van der Waals surface area contributed by atoms with Crippen molar-refractivity contribution < 1.29 is 27.9 Å². The number of carbonyl (C=O) groups is 2. The lowest BCUT2D eigenvalue weighted by atomic mass is 10.2. The lowest BCUT2D eigenvalue weighted by Crippen LogP contribution is -2.30. The van der Waals surface area contributed by atoms with Crippen molar-refractivity contribution in [1.29, 1.82) is 0 Å². The number of aromatic carboxylic acids is 1. The summed E-state index contributed by atoms with van der Waals surface area (Å²) >= 11 is 0. The van der Waals surface area contributed by atoms with Crippen LogP contribution in [-0.4, -0.2) is 32.9 Å². The molecule has 0 unspecified atom stereocenters. The highest BCUT2D eigenvalue weighted by molar-refractivity contribution is 6.00. The molecule has 0 aliphatic carbocycles. The van der Waals surface area contributed by atoms with Gasteiger partial charge in [0, 0.05) is 6.20 Å². The van der Waals surface area contributed by atoms with Gasteiger partial charge in [-0.15, -0.1) is 0 Å². The summed E-state index contributed by atoms with van der Waals surface area (Å²) in [5.74, 6) is -4.41. The summed E-state index contributed by atoms with van der Waals surface area (Å²) in [6.45, 7) is 0.156. The van der Waals surface area contributed by atoms with E-state index in [0.717, 1.165) is 16.4 Å². The molecule has 0 aliphatic rings. The van der Waals surface area contributed by atoms with Crippen LogP contribution >= 0.6 is 0 Å². The molecule has 0 spiro atoms. The Morgan fingerprint density at radius 2 is 1.86 bits per heavy atom. The molecule has 1 aromatic carbocycles. The molecule has 0 bridgehead atoms. The standard InChI is InChI=1S/C13H10F3N3O3/c14-13(15,16)12(22)17-10-9(11(20)21)7-19(18-10)6-8-4-2-1-3-5-8/h1-5,7H,6H2,(H,20,21)(H,17,18,22). The topological polar surface area (TPSA) is 84.2 Å². The predicted octanol–water partition coefficient (Wildman–Crippen LogP) is 2.13. The third-order valence-corrected chi connectivity index (χ3v) is 2.67. The number of amides is 1. The molecule has 1 amide bonds. The van der Waals surface area contributed by atoms with Crippen molar-refractivity contribution >= 4 is 17.7 Å². The van der Waals surface area contributed by atoms with Crippen molar-refractivity contribution in [3.63, 3.8) is 0 Å². The fourth-order valence-corrected chi connectivity index (χ4v) is 1.70. The minimum Gasteiger partial charge on any atom is -0.477 e. The fourth-order valence-electron chi connectivity index (χ4n) is 1.70. The number of carboxylic acid groups (broad SMARTS) is 1. The molecule has 6 nitrogen and oxygen atoms in total. The first-order valence-corrected chi connectivity index (χ1v) is 6.00. The molecule has 1 aromatic heterocycles. The zero-order valence-electron chi connectivity index (χ0n) is 11.0. The van der Waals surface area contributed by atoms with Crippen molar-refractivity contribution in [2.24, 2.45) is 0 Å². The molecule has 0 atom stereocenters. The number of aromatic nitrogens is 2. The van der Waals surface area contributed by atoms with Gasteiger partial charge in [-0.2, -0.15) is 18.3 Å². The lowest BCUT2D eigenvalue weighted by molar-refractivity contribution is -0.167. The van der Waals surface area contributed by atoms with Crippen LogP contribution in [0.3, 0.4) is 0 Å². The highest BCUT2D eigenvalue weighted by Crippen LogP contribution is 2.20. The van der Waals surface area contributed by atoms with Gasteiger partial charge in [-0.05, 0) is 5.56 Å². The molecule has 1 heterocycles. The number of halogens is 3. The van der Waals surface area contributed by atoms with Gasteiger partial charge >= 0.3 is 18.1 Å². The van der Waals surface area contributed by atoms with Crippen LogP contribution in [0.2, 0.25) is 0 Å². The maximum absolute atomic E-state index is 12.2. The molecule has 0 aliphatic heterocycles. The predicted molar refractivity (Wildman–Crippen MR) is 69.4 cm³/mol. The van der Waals surface area contributed by atoms with Crippen molar-refractivity contribution in [3.8, 4) is 0 Å². The summed E-state index contributed by atoms with van der Waals surface area (Å²) in [7, 11) is 0. The average molecular weight is 313 g/mol. The maximum atomic E-state index is 12.2. The highest BCUT2D eigenvalue weighted by atomic mass is 19.4. The minimum atomic E-state index is -5.13. The van der Waals surface area contributed by atoms with Gasteiger partial charge in [-0.3, -0.25) is 9.48 Å². The maximum Gasteiger partial charge on any atom is 0.471 e. The zero-order chi connectivity index (χ0) is 16.3. The average Bonchev–Trinajstić information content (AvgIpc) is 2.81. The Morgan fingerprint density at radius 3 is 2.41 bits per heavy atom. The van der Waals surface area contributed by atoms with E-state index in [1.54, 1.807) is 30.3 Å². The lowest BCUT2D eigenvalue weighted by Gasteiger charge is -2.06. The van der Waals surface area contributed by atoms with Gasteiger partial charge in [0.25, 0.3) is 0 Å². The molecule has 0 fully saturated rings. The fraction of sp³-hybridized carbons (Fsp3) is 0.154. The summed E-state index contributed by atoms with van der Waals surface area (Å²) in [6.07, 6.45) is -4.07. The minimum absolute atomic E-state index is 0.156. The second kappa shape index (κ2) is 5.88. The van der Waals surface area contributed by atoms with Gasteiger partial charge in [-0.25, -0.2) is 4.79 Å². The highest BCUT2D eigenvalue weighted by Gasteiger charge is 2.39. The normalized spacial score (nSPS) is 11.2. The van der Waals surface area contributed by atoms with E-state index in [1.807, 2.05) is 0 Å². The smallest absolute Gasteiger partial charge is 0.471 e. The molecule has 2 N–H and O–H groups in total. The Balaban J connectivity index is 2.26. The van der Waals surface area contributed by atoms with Gasteiger partial charge in [0.15, 0.2) is 5.82 Å². The SMILES string of the molecule is O=C(O)c1cn(Cc2ccccc2)nc1NC(=O)C(F)(F)F. The number of nitrogens with zero attached hydrogens (tertiary/aromatic N) is 2. The number of rotatable bonds is 4. The molecule has 9 heteroatoms. The molecule has 2 rings (SSSR count). The van der Waals surface area contributed by atoms with Crippen LogP contribution in [0.25, 0.3) is 0 Å². The van der Waals surface area contributed by atoms with E-state index >= 15 is 0 Å². The van der Waals surface area contributed by atoms with Crippen LogP contribution in [0.1, 0.15) is 15.9 Å². The van der Waals surface area contributed by atoms with E-state index in [1.165, 1.54) is 5.32 Å². The Bertz CT molecular complexity index is 696. The first-order chi connectivity index (χ1) is 10.3. The summed E-state index contributed by atoms with van der Waals surface area (Å²) in [5.41, 5.74) is 0.254. The van der Waals surface area contributed by atoms with Crippen molar-refractivity contribution in [3.05, 3.63) is 47.7 Å². The largest absolute Gasteiger partial charge is 0.477 e. The second-order valence-corrected chi connectivity index (χ2v) is 4.33. The van der Waals surface area contributed by atoms with Gasteiger partial charge in [-0.1, -0.05) is 30.3 Å². The van der Waals surface area contributed by atoms with Crippen LogP contribution in [0.15, 0.2) is 36.5 Å². The Labute approximate surface area is 122 Å². The molecule has 0 saturated carbocycles. The van der Waals surface area contributed by atoms with Crippen molar-refractivity contribution in [2.75, 3.05) is 5.32 Å². The van der Waals surface area contributed by atoms with Crippen molar-refractivity contribution in [2.45, 2.75) is 12.7 Å². The van der Waals surface area contributed by atoms with E-state index in [9.17, 15) is 22.8 Å². The number of nitrogens with one attached hydrogen (secondary N) is 1.